The third-order valence-electron chi connectivity index (χ3n) is 4.67. The minimum atomic E-state index is -5.09. The molecule has 2 aromatic carbocycles. The number of rotatable bonds is 4. The molecule has 0 fully saturated rings. The molecule has 0 aliphatic carbocycles. The van der Waals surface area contributed by atoms with Gasteiger partial charge in [-0.1, -0.05) is 15.9 Å². The summed E-state index contributed by atoms with van der Waals surface area (Å²) in [5.41, 5.74) is -4.65. The molecule has 0 bridgehead atoms. The number of hydrogen-bond donors (Lipinski definition) is 1. The third kappa shape index (κ3) is 7.32. The van der Waals surface area contributed by atoms with Gasteiger partial charge in [0.05, 0.1) is 16.7 Å². The number of hydrazone groups is 1. The van der Waals surface area contributed by atoms with Crippen LogP contribution in [0.3, 0.4) is 0 Å². The van der Waals surface area contributed by atoms with E-state index in [1.54, 1.807) is 0 Å². The van der Waals surface area contributed by atoms with E-state index >= 15 is 0 Å². The van der Waals surface area contributed by atoms with Crippen LogP contribution in [-0.2, 0) is 31.6 Å². The summed E-state index contributed by atoms with van der Waals surface area (Å²) in [6, 6.07) is 2.93. The molecule has 0 radical (unpaired) electrons. The molecular formula is C20H17BrF9N5. The fraction of sp³-hybridized carbons (Fsp3) is 0.350. The SMILES string of the molecule is CN=NC(=NN)N(Cc1cc(C(F)(F)F)cc(C(F)(F)F)c1)Cc1cc(C(F)(F)F)c(C)cc1Br. The van der Waals surface area contributed by atoms with E-state index < -0.39 is 59.8 Å². The molecule has 192 valence electrons. The lowest BCUT2D eigenvalue weighted by molar-refractivity contribution is -0.143. The number of nitrogens with zero attached hydrogens (tertiary/aromatic N) is 4. The van der Waals surface area contributed by atoms with Crippen molar-refractivity contribution in [2.24, 2.45) is 21.2 Å². The van der Waals surface area contributed by atoms with Crippen LogP contribution in [0.25, 0.3) is 0 Å². The summed E-state index contributed by atoms with van der Waals surface area (Å²) in [6.07, 6.45) is -14.9. The van der Waals surface area contributed by atoms with E-state index in [2.05, 4.69) is 31.3 Å². The maximum absolute atomic E-state index is 13.4. The van der Waals surface area contributed by atoms with Gasteiger partial charge in [0.15, 0.2) is 0 Å². The minimum absolute atomic E-state index is 0.00148. The zero-order valence-corrected chi connectivity index (χ0v) is 19.5. The number of azo groups is 1. The highest BCUT2D eigenvalue weighted by Gasteiger charge is 2.37. The monoisotopic (exact) mass is 577 g/mol. The van der Waals surface area contributed by atoms with Crippen LogP contribution in [0.15, 0.2) is 50.1 Å². The summed E-state index contributed by atoms with van der Waals surface area (Å²) in [4.78, 5) is 0.998. The summed E-state index contributed by atoms with van der Waals surface area (Å²) in [6.45, 7) is 0.106. The highest BCUT2D eigenvalue weighted by Crippen LogP contribution is 2.38. The van der Waals surface area contributed by atoms with Crippen LogP contribution in [0.5, 0.6) is 0 Å². The Morgan fingerprint density at radius 2 is 1.40 bits per heavy atom. The number of nitrogens with two attached hydrogens (primary N) is 1. The molecule has 0 saturated heterocycles. The molecule has 0 atom stereocenters. The summed E-state index contributed by atoms with van der Waals surface area (Å²) < 4.78 is 120. The molecule has 2 aromatic rings. The van der Waals surface area contributed by atoms with Crippen LogP contribution in [0, 0.1) is 6.92 Å². The Morgan fingerprint density at radius 3 is 1.83 bits per heavy atom. The summed E-state index contributed by atoms with van der Waals surface area (Å²) in [5, 5.41) is 10.4. The molecule has 0 heterocycles. The predicted molar refractivity (Wildman–Crippen MR) is 112 cm³/mol. The molecule has 0 amide bonds. The van der Waals surface area contributed by atoms with Crippen LogP contribution in [0.1, 0.15) is 33.4 Å². The van der Waals surface area contributed by atoms with Crippen LogP contribution >= 0.6 is 15.9 Å². The highest BCUT2D eigenvalue weighted by molar-refractivity contribution is 9.10. The van der Waals surface area contributed by atoms with Crippen molar-refractivity contribution in [2.45, 2.75) is 38.5 Å². The van der Waals surface area contributed by atoms with Crippen molar-refractivity contribution < 1.29 is 39.5 Å². The summed E-state index contributed by atoms with van der Waals surface area (Å²) >= 11 is 3.13. The quantitative estimate of drug-likeness (QED) is 0.105. The van der Waals surface area contributed by atoms with Crippen molar-refractivity contribution in [3.8, 4) is 0 Å². The van der Waals surface area contributed by atoms with Gasteiger partial charge in [-0.3, -0.25) is 0 Å². The number of guanidine groups is 1. The van der Waals surface area contributed by atoms with E-state index in [-0.39, 0.29) is 21.7 Å². The van der Waals surface area contributed by atoms with Gasteiger partial charge >= 0.3 is 18.5 Å². The van der Waals surface area contributed by atoms with E-state index in [1.807, 2.05) is 0 Å². The fourth-order valence-corrected chi connectivity index (χ4v) is 3.72. The van der Waals surface area contributed by atoms with E-state index in [0.717, 1.165) is 11.0 Å². The smallest absolute Gasteiger partial charge is 0.330 e. The van der Waals surface area contributed by atoms with Crippen LogP contribution in [-0.4, -0.2) is 17.9 Å². The first-order valence-electron chi connectivity index (χ1n) is 9.44. The second-order valence-electron chi connectivity index (χ2n) is 7.26. The normalized spacial score (nSPS) is 13.5. The van der Waals surface area contributed by atoms with Crippen LogP contribution in [0.4, 0.5) is 39.5 Å². The van der Waals surface area contributed by atoms with E-state index in [0.29, 0.717) is 12.1 Å². The number of aryl methyl sites for hydroxylation is 1. The van der Waals surface area contributed by atoms with Crippen molar-refractivity contribution in [1.82, 2.24) is 4.90 Å². The molecule has 0 saturated carbocycles. The second kappa shape index (κ2) is 10.4. The fourth-order valence-electron chi connectivity index (χ4n) is 3.14. The predicted octanol–water partition coefficient (Wildman–Crippen LogP) is 7.13. The summed E-state index contributed by atoms with van der Waals surface area (Å²) in [5.74, 6) is 4.84. The van der Waals surface area contributed by atoms with E-state index in [1.165, 1.54) is 20.0 Å². The Kier molecular flexibility index (Phi) is 8.45. The van der Waals surface area contributed by atoms with Gasteiger partial charge in [0, 0.05) is 24.6 Å². The molecule has 0 aliphatic rings. The van der Waals surface area contributed by atoms with Gasteiger partial charge in [-0.15, -0.1) is 10.2 Å². The van der Waals surface area contributed by atoms with Gasteiger partial charge < -0.3 is 10.7 Å². The first-order valence-corrected chi connectivity index (χ1v) is 10.2. The van der Waals surface area contributed by atoms with Gasteiger partial charge in [0.2, 0.25) is 0 Å². The lowest BCUT2D eigenvalue weighted by Crippen LogP contribution is -2.30. The molecule has 2 rings (SSSR count). The van der Waals surface area contributed by atoms with Crippen molar-refractivity contribution in [3.05, 3.63) is 68.2 Å². The average molecular weight is 578 g/mol. The van der Waals surface area contributed by atoms with Crippen LogP contribution in [0.2, 0.25) is 0 Å². The maximum Gasteiger partial charge on any atom is 0.416 e. The Bertz CT molecular complexity index is 1090. The number of hydrogen-bond acceptors (Lipinski definition) is 3. The van der Waals surface area contributed by atoms with Crippen LogP contribution < -0.4 is 5.84 Å². The van der Waals surface area contributed by atoms with Crippen molar-refractivity contribution >= 4 is 21.9 Å². The van der Waals surface area contributed by atoms with E-state index in [9.17, 15) is 39.5 Å². The lowest BCUT2D eigenvalue weighted by atomic mass is 10.0. The minimum Gasteiger partial charge on any atom is -0.330 e. The van der Waals surface area contributed by atoms with Gasteiger partial charge in [0.25, 0.3) is 5.96 Å². The molecule has 0 aromatic heterocycles. The molecule has 0 spiro atoms. The second-order valence-corrected chi connectivity index (χ2v) is 8.11. The molecule has 0 aliphatic heterocycles. The van der Waals surface area contributed by atoms with Gasteiger partial charge in [-0.2, -0.15) is 44.6 Å². The Morgan fingerprint density at radius 1 is 0.857 bits per heavy atom. The number of benzene rings is 2. The van der Waals surface area contributed by atoms with Crippen molar-refractivity contribution in [1.29, 1.82) is 0 Å². The molecule has 15 heteroatoms. The molecular weight excluding hydrogens is 561 g/mol. The van der Waals surface area contributed by atoms with Gasteiger partial charge in [-0.05, 0) is 53.9 Å². The number of halogens is 10. The zero-order chi connectivity index (χ0) is 26.8. The number of alkyl halides is 9. The van der Waals surface area contributed by atoms with Gasteiger partial charge in [-0.25, -0.2) is 0 Å². The van der Waals surface area contributed by atoms with Crippen molar-refractivity contribution in [3.63, 3.8) is 0 Å². The molecule has 5 nitrogen and oxygen atoms in total. The topological polar surface area (TPSA) is 66.3 Å². The lowest BCUT2D eigenvalue weighted by Gasteiger charge is -2.25. The highest BCUT2D eigenvalue weighted by atomic mass is 79.9. The molecule has 35 heavy (non-hydrogen) atoms. The standard InChI is InChI=1S/C20H17BrF9N5/c1-10-3-16(21)12(6-15(10)20(28,29)30)9-35(17(33-31)34-32-2)8-11-4-13(18(22,23)24)7-14(5-11)19(25,26)27/h3-7H,8-9,31H2,1-2H3. The van der Waals surface area contributed by atoms with Crippen molar-refractivity contribution in [2.75, 3.05) is 7.05 Å². The maximum atomic E-state index is 13.4. The zero-order valence-electron chi connectivity index (χ0n) is 17.9. The third-order valence-corrected chi connectivity index (χ3v) is 5.41. The molecule has 0 unspecified atom stereocenters. The van der Waals surface area contributed by atoms with E-state index in [4.69, 9.17) is 5.84 Å². The first kappa shape index (κ1) is 28.4. The first-order chi connectivity index (χ1) is 16.0. The Labute approximate surface area is 201 Å². The van der Waals surface area contributed by atoms with Gasteiger partial charge in [0.1, 0.15) is 0 Å². The largest absolute Gasteiger partial charge is 0.416 e. The summed E-state index contributed by atoms with van der Waals surface area (Å²) in [7, 11) is 1.19. The molecule has 2 N–H and O–H groups in total. The average Bonchev–Trinajstić information content (AvgIpc) is 2.71. The Balaban J connectivity index is 2.62. The Hall–Kier alpha value is -2.84.